The summed E-state index contributed by atoms with van der Waals surface area (Å²) in [7, 11) is 4.11. The van der Waals surface area contributed by atoms with Gasteiger partial charge >= 0.3 is 0 Å². The van der Waals surface area contributed by atoms with Crippen LogP contribution in [0.15, 0.2) is 15.5 Å². The number of rotatable bonds is 7. The molecule has 6 heteroatoms. The van der Waals surface area contributed by atoms with E-state index < -0.39 is 0 Å². The van der Waals surface area contributed by atoms with Crippen molar-refractivity contribution >= 4 is 21.6 Å². The Labute approximate surface area is 135 Å². The normalized spacial score (nSPS) is 13.2. The van der Waals surface area contributed by atoms with Gasteiger partial charge in [0.1, 0.15) is 4.47 Å². The number of nitrogens with zero attached hydrogens (tertiary/aromatic N) is 3. The fourth-order valence-corrected chi connectivity index (χ4v) is 2.72. The van der Waals surface area contributed by atoms with Crippen molar-refractivity contribution in [2.45, 2.75) is 46.2 Å². The molecule has 0 fully saturated rings. The summed E-state index contributed by atoms with van der Waals surface area (Å²) in [5, 5.41) is 7.70. The highest BCUT2D eigenvalue weighted by Gasteiger charge is 2.16. The SMILES string of the molecule is CC(C)CC(CN(C)C)Nc1cnn(C(C)C)c(=O)c1Br. The fourth-order valence-electron chi connectivity index (χ4n) is 2.32. The molecule has 1 unspecified atom stereocenters. The summed E-state index contributed by atoms with van der Waals surface area (Å²) < 4.78 is 2.04. The lowest BCUT2D eigenvalue weighted by atomic mass is 10.0. The van der Waals surface area contributed by atoms with Crippen molar-refractivity contribution in [1.29, 1.82) is 0 Å². The van der Waals surface area contributed by atoms with Crippen molar-refractivity contribution in [1.82, 2.24) is 14.7 Å². The smallest absolute Gasteiger partial charge is 0.283 e. The highest BCUT2D eigenvalue weighted by atomic mass is 79.9. The molecule has 120 valence electrons. The standard InChI is InChI=1S/C15H27BrN4O/c1-10(2)7-12(9-19(5)6)18-13-8-17-20(11(3)4)15(21)14(13)16/h8,10-12,18H,7,9H2,1-6H3. The summed E-state index contributed by atoms with van der Waals surface area (Å²) in [6.07, 6.45) is 2.77. The maximum atomic E-state index is 12.3. The van der Waals surface area contributed by atoms with E-state index in [1.807, 2.05) is 13.8 Å². The van der Waals surface area contributed by atoms with E-state index in [2.05, 4.69) is 59.2 Å². The minimum Gasteiger partial charge on any atom is -0.379 e. The molecule has 1 heterocycles. The van der Waals surface area contributed by atoms with Crippen LogP contribution in [-0.2, 0) is 0 Å². The van der Waals surface area contributed by atoms with Crippen molar-refractivity contribution < 1.29 is 0 Å². The molecule has 21 heavy (non-hydrogen) atoms. The lowest BCUT2D eigenvalue weighted by Gasteiger charge is -2.25. The Kier molecular flexibility index (Phi) is 6.87. The van der Waals surface area contributed by atoms with Gasteiger partial charge in [0.2, 0.25) is 0 Å². The van der Waals surface area contributed by atoms with Crippen molar-refractivity contribution in [3.05, 3.63) is 21.0 Å². The van der Waals surface area contributed by atoms with Crippen molar-refractivity contribution in [2.24, 2.45) is 5.92 Å². The second kappa shape index (κ2) is 7.94. The van der Waals surface area contributed by atoms with Gasteiger partial charge in [0.25, 0.3) is 5.56 Å². The third-order valence-corrected chi connectivity index (χ3v) is 3.90. The zero-order chi connectivity index (χ0) is 16.2. The van der Waals surface area contributed by atoms with Crippen LogP contribution < -0.4 is 10.9 Å². The molecular weight excluding hydrogens is 332 g/mol. The second-order valence-electron chi connectivity index (χ2n) is 6.45. The highest BCUT2D eigenvalue weighted by molar-refractivity contribution is 9.10. The summed E-state index contributed by atoms with van der Waals surface area (Å²) in [6, 6.07) is 0.337. The molecular formula is C15H27BrN4O. The zero-order valence-corrected chi connectivity index (χ0v) is 15.4. The molecule has 1 aromatic rings. The molecule has 1 aromatic heterocycles. The summed E-state index contributed by atoms with van der Waals surface area (Å²) in [4.78, 5) is 14.4. The molecule has 5 nitrogen and oxygen atoms in total. The van der Waals surface area contributed by atoms with Crippen LogP contribution in [0.3, 0.4) is 0 Å². The van der Waals surface area contributed by atoms with Gasteiger partial charge in [0.15, 0.2) is 0 Å². The van der Waals surface area contributed by atoms with Crippen molar-refractivity contribution in [3.63, 3.8) is 0 Å². The summed E-state index contributed by atoms with van der Waals surface area (Å²) in [5.41, 5.74) is 0.674. The number of hydrogen-bond acceptors (Lipinski definition) is 4. The van der Waals surface area contributed by atoms with E-state index in [0.717, 1.165) is 18.7 Å². The lowest BCUT2D eigenvalue weighted by Crippen LogP contribution is -2.35. The van der Waals surface area contributed by atoms with Gasteiger partial charge < -0.3 is 10.2 Å². The number of anilines is 1. The van der Waals surface area contributed by atoms with Crippen LogP contribution in [0.5, 0.6) is 0 Å². The van der Waals surface area contributed by atoms with E-state index in [-0.39, 0.29) is 17.6 Å². The average Bonchev–Trinajstić information content (AvgIpc) is 2.33. The van der Waals surface area contributed by atoms with Crippen LogP contribution in [0, 0.1) is 5.92 Å². The minimum atomic E-state index is -0.0943. The quantitative estimate of drug-likeness (QED) is 0.813. The van der Waals surface area contributed by atoms with Gasteiger partial charge in [-0.25, -0.2) is 4.68 Å². The van der Waals surface area contributed by atoms with E-state index in [1.54, 1.807) is 6.20 Å². The monoisotopic (exact) mass is 358 g/mol. The first-order valence-corrected chi connectivity index (χ1v) is 8.20. The van der Waals surface area contributed by atoms with E-state index in [1.165, 1.54) is 4.68 Å². The highest BCUT2D eigenvalue weighted by Crippen LogP contribution is 2.20. The largest absolute Gasteiger partial charge is 0.379 e. The molecule has 1 rings (SSSR count). The van der Waals surface area contributed by atoms with Gasteiger partial charge in [-0.15, -0.1) is 0 Å². The Balaban J connectivity index is 2.98. The van der Waals surface area contributed by atoms with Gasteiger partial charge in [-0.05, 0) is 56.2 Å². The number of halogens is 1. The number of aromatic nitrogens is 2. The van der Waals surface area contributed by atoms with Gasteiger partial charge in [-0.1, -0.05) is 13.8 Å². The molecule has 1 N–H and O–H groups in total. The first-order valence-electron chi connectivity index (χ1n) is 7.41. The van der Waals surface area contributed by atoms with E-state index in [9.17, 15) is 4.79 Å². The molecule has 0 radical (unpaired) electrons. The first kappa shape index (κ1) is 18.2. The summed E-state index contributed by atoms with van der Waals surface area (Å²) in [6.45, 7) is 9.21. The van der Waals surface area contributed by atoms with Crippen LogP contribution in [-0.4, -0.2) is 41.4 Å². The Hall–Kier alpha value is -0.880. The molecule has 0 bridgehead atoms. The third-order valence-electron chi connectivity index (χ3n) is 3.13. The molecule has 0 saturated carbocycles. The van der Waals surface area contributed by atoms with Crippen LogP contribution >= 0.6 is 15.9 Å². The van der Waals surface area contributed by atoms with E-state index in [0.29, 0.717) is 10.4 Å². The molecule has 0 saturated heterocycles. The Morgan fingerprint density at radius 3 is 2.43 bits per heavy atom. The minimum absolute atomic E-state index is 0.0519. The van der Waals surface area contributed by atoms with Gasteiger partial charge in [-0.3, -0.25) is 4.79 Å². The number of nitrogens with one attached hydrogen (secondary N) is 1. The molecule has 0 aliphatic rings. The maximum Gasteiger partial charge on any atom is 0.283 e. The molecule has 0 spiro atoms. The maximum absolute atomic E-state index is 12.3. The fraction of sp³-hybridized carbons (Fsp3) is 0.733. The first-order chi connectivity index (χ1) is 9.72. The third kappa shape index (κ3) is 5.43. The number of hydrogen-bond donors (Lipinski definition) is 1. The van der Waals surface area contributed by atoms with Crippen LogP contribution in [0.4, 0.5) is 5.69 Å². The predicted octanol–water partition coefficient (Wildman–Crippen LogP) is 2.97. The van der Waals surface area contributed by atoms with Gasteiger partial charge in [0.05, 0.1) is 17.9 Å². The average molecular weight is 359 g/mol. The Morgan fingerprint density at radius 1 is 1.33 bits per heavy atom. The van der Waals surface area contributed by atoms with Gasteiger partial charge in [0, 0.05) is 12.6 Å². The van der Waals surface area contributed by atoms with Crippen molar-refractivity contribution in [2.75, 3.05) is 26.0 Å². The predicted molar refractivity (Wildman–Crippen MR) is 92.0 cm³/mol. The van der Waals surface area contributed by atoms with Crippen LogP contribution in [0.25, 0.3) is 0 Å². The van der Waals surface area contributed by atoms with Crippen LogP contribution in [0.2, 0.25) is 0 Å². The molecule has 0 amide bonds. The topological polar surface area (TPSA) is 50.2 Å². The second-order valence-corrected chi connectivity index (χ2v) is 7.24. The summed E-state index contributed by atoms with van der Waals surface area (Å²) in [5.74, 6) is 0.588. The number of likely N-dealkylation sites (N-methyl/N-ethyl adjacent to an activating group) is 1. The van der Waals surface area contributed by atoms with E-state index >= 15 is 0 Å². The molecule has 1 atom stereocenters. The Morgan fingerprint density at radius 2 is 1.95 bits per heavy atom. The Bertz CT molecular complexity index is 501. The molecule has 0 aliphatic heterocycles. The molecule has 0 aliphatic carbocycles. The van der Waals surface area contributed by atoms with Crippen LogP contribution in [0.1, 0.15) is 40.2 Å². The van der Waals surface area contributed by atoms with E-state index in [4.69, 9.17) is 0 Å². The molecule has 0 aromatic carbocycles. The lowest BCUT2D eigenvalue weighted by molar-refractivity contribution is 0.356. The van der Waals surface area contributed by atoms with Crippen molar-refractivity contribution in [3.8, 4) is 0 Å². The van der Waals surface area contributed by atoms with Gasteiger partial charge in [-0.2, -0.15) is 5.10 Å². The zero-order valence-electron chi connectivity index (χ0n) is 13.9. The summed E-state index contributed by atoms with van der Waals surface area (Å²) >= 11 is 3.41.